The molecule has 0 aromatic carbocycles. The number of carbonyl (C=O) groups excluding carboxylic acids is 1. The molecule has 1 nitrogen and oxygen atoms in total. The summed E-state index contributed by atoms with van der Waals surface area (Å²) in [6.07, 6.45) is 0.565. The SMILES string of the molecule is C=C(Cl)C(=C)C=O. The van der Waals surface area contributed by atoms with Crippen LogP contribution in [0.3, 0.4) is 0 Å². The molecule has 0 aliphatic rings. The second-order valence-corrected chi connectivity index (χ2v) is 1.50. The second-order valence-electron chi connectivity index (χ2n) is 1.05. The molecule has 0 saturated heterocycles. The van der Waals surface area contributed by atoms with Crippen molar-refractivity contribution in [1.82, 2.24) is 0 Å². The number of halogens is 1. The van der Waals surface area contributed by atoms with Crippen LogP contribution >= 0.6 is 11.6 Å². The van der Waals surface area contributed by atoms with Gasteiger partial charge in [-0.05, 0) is 0 Å². The Kier molecular flexibility index (Phi) is 2.38. The lowest BCUT2D eigenvalue weighted by atomic mass is 10.3. The Bertz CT molecular complexity index is 115. The van der Waals surface area contributed by atoms with E-state index >= 15 is 0 Å². The molecule has 0 unspecified atom stereocenters. The van der Waals surface area contributed by atoms with Gasteiger partial charge in [-0.15, -0.1) is 0 Å². The molecule has 0 atom stereocenters. The molecular formula is C5H5ClO. The van der Waals surface area contributed by atoms with Crippen molar-refractivity contribution in [3.63, 3.8) is 0 Å². The van der Waals surface area contributed by atoms with Crippen LogP contribution < -0.4 is 0 Å². The third-order valence-electron chi connectivity index (χ3n) is 0.491. The Labute approximate surface area is 47.3 Å². The van der Waals surface area contributed by atoms with Gasteiger partial charge in [0.15, 0.2) is 6.29 Å². The van der Waals surface area contributed by atoms with Gasteiger partial charge in [-0.2, -0.15) is 0 Å². The minimum Gasteiger partial charge on any atom is -0.298 e. The predicted molar refractivity (Wildman–Crippen MR) is 30.2 cm³/mol. The monoisotopic (exact) mass is 116 g/mol. The molecule has 0 aliphatic carbocycles. The number of hydrogen-bond donors (Lipinski definition) is 0. The highest BCUT2D eigenvalue weighted by Crippen LogP contribution is 2.04. The molecule has 0 N–H and O–H groups in total. The summed E-state index contributed by atoms with van der Waals surface area (Å²) in [6.45, 7) is 6.53. The van der Waals surface area contributed by atoms with Crippen molar-refractivity contribution in [2.24, 2.45) is 0 Å². The van der Waals surface area contributed by atoms with Crippen molar-refractivity contribution >= 4 is 17.9 Å². The van der Waals surface area contributed by atoms with Gasteiger partial charge in [-0.3, -0.25) is 4.79 Å². The van der Waals surface area contributed by atoms with Gasteiger partial charge in [-0.25, -0.2) is 0 Å². The maximum atomic E-state index is 9.70. The third-order valence-corrected chi connectivity index (χ3v) is 0.733. The fourth-order valence-corrected chi connectivity index (χ4v) is 0.108. The van der Waals surface area contributed by atoms with E-state index in [2.05, 4.69) is 13.2 Å². The van der Waals surface area contributed by atoms with E-state index in [1.807, 2.05) is 0 Å². The lowest BCUT2D eigenvalue weighted by molar-refractivity contribution is -0.104. The van der Waals surface area contributed by atoms with E-state index in [4.69, 9.17) is 11.6 Å². The number of carbonyl (C=O) groups is 1. The van der Waals surface area contributed by atoms with Gasteiger partial charge >= 0.3 is 0 Å². The predicted octanol–water partition coefficient (Wildman–Crippen LogP) is 1.49. The first-order valence-electron chi connectivity index (χ1n) is 1.67. The van der Waals surface area contributed by atoms with Gasteiger partial charge in [0.05, 0.1) is 0 Å². The van der Waals surface area contributed by atoms with Gasteiger partial charge in [0, 0.05) is 10.6 Å². The first kappa shape index (κ1) is 6.44. The van der Waals surface area contributed by atoms with E-state index in [-0.39, 0.29) is 10.6 Å². The molecule has 0 aliphatic heterocycles. The molecule has 0 fully saturated rings. The highest BCUT2D eigenvalue weighted by atomic mass is 35.5. The summed E-state index contributed by atoms with van der Waals surface area (Å²) in [5, 5.41) is 0.204. The molecule has 0 aromatic heterocycles. The van der Waals surface area contributed by atoms with Crippen LogP contribution in [0.1, 0.15) is 0 Å². The van der Waals surface area contributed by atoms with Crippen molar-refractivity contribution in [2.45, 2.75) is 0 Å². The van der Waals surface area contributed by atoms with Crippen LogP contribution in [-0.4, -0.2) is 6.29 Å². The molecular weight excluding hydrogens is 112 g/mol. The number of rotatable bonds is 2. The van der Waals surface area contributed by atoms with Crippen LogP contribution in [-0.2, 0) is 4.79 Å². The molecule has 38 valence electrons. The summed E-state index contributed by atoms with van der Waals surface area (Å²) in [5.74, 6) is 0. The van der Waals surface area contributed by atoms with Crippen LogP contribution in [0.25, 0.3) is 0 Å². The van der Waals surface area contributed by atoms with E-state index in [9.17, 15) is 4.79 Å². The largest absolute Gasteiger partial charge is 0.298 e. The van der Waals surface area contributed by atoms with E-state index in [1.54, 1.807) is 0 Å². The fourth-order valence-electron chi connectivity index (χ4n) is 0.0639. The van der Waals surface area contributed by atoms with Crippen LogP contribution in [0.2, 0.25) is 0 Å². The van der Waals surface area contributed by atoms with Gasteiger partial charge < -0.3 is 0 Å². The third kappa shape index (κ3) is 2.18. The molecule has 0 spiro atoms. The van der Waals surface area contributed by atoms with Gasteiger partial charge in [-0.1, -0.05) is 24.8 Å². The molecule has 0 heterocycles. The first-order chi connectivity index (χ1) is 3.18. The fraction of sp³-hybridized carbons (Fsp3) is 0. The highest BCUT2D eigenvalue weighted by Gasteiger charge is 1.88. The Balaban J connectivity index is 3.81. The maximum absolute atomic E-state index is 9.70. The summed E-state index contributed by atoms with van der Waals surface area (Å²) < 4.78 is 0. The van der Waals surface area contributed by atoms with Crippen molar-refractivity contribution in [3.8, 4) is 0 Å². The average Bonchev–Trinajstić information content (AvgIpc) is 1.65. The van der Waals surface area contributed by atoms with Gasteiger partial charge in [0.2, 0.25) is 0 Å². The lowest BCUT2D eigenvalue weighted by Crippen LogP contribution is -1.76. The minimum atomic E-state index is 0.204. The minimum absolute atomic E-state index is 0.204. The van der Waals surface area contributed by atoms with Crippen molar-refractivity contribution < 1.29 is 4.79 Å². The molecule has 0 amide bonds. The molecule has 0 saturated carbocycles. The Morgan fingerprint density at radius 1 is 1.57 bits per heavy atom. The van der Waals surface area contributed by atoms with Crippen molar-refractivity contribution in [1.29, 1.82) is 0 Å². The quantitative estimate of drug-likeness (QED) is 0.304. The van der Waals surface area contributed by atoms with Gasteiger partial charge in [0.1, 0.15) is 0 Å². The first-order valence-corrected chi connectivity index (χ1v) is 2.05. The van der Waals surface area contributed by atoms with E-state index in [1.165, 1.54) is 0 Å². The number of allylic oxidation sites excluding steroid dienone is 2. The average molecular weight is 117 g/mol. The van der Waals surface area contributed by atoms with Crippen LogP contribution in [0.4, 0.5) is 0 Å². The second kappa shape index (κ2) is 2.59. The Morgan fingerprint density at radius 2 is 2.00 bits per heavy atom. The highest BCUT2D eigenvalue weighted by molar-refractivity contribution is 6.33. The Hall–Kier alpha value is -0.560. The molecule has 0 aromatic rings. The van der Waals surface area contributed by atoms with E-state index in [0.29, 0.717) is 6.29 Å². The molecule has 0 radical (unpaired) electrons. The van der Waals surface area contributed by atoms with Crippen molar-refractivity contribution in [2.75, 3.05) is 0 Å². The molecule has 0 rings (SSSR count). The summed E-state index contributed by atoms with van der Waals surface area (Å²) in [4.78, 5) is 9.70. The summed E-state index contributed by atoms with van der Waals surface area (Å²) in [7, 11) is 0. The van der Waals surface area contributed by atoms with Crippen LogP contribution in [0.15, 0.2) is 23.8 Å². The summed E-state index contributed by atoms with van der Waals surface area (Å²) in [5.41, 5.74) is 0.238. The zero-order chi connectivity index (χ0) is 5.86. The van der Waals surface area contributed by atoms with Crippen molar-refractivity contribution in [3.05, 3.63) is 23.8 Å². The zero-order valence-corrected chi connectivity index (χ0v) is 4.53. The van der Waals surface area contributed by atoms with Crippen LogP contribution in [0.5, 0.6) is 0 Å². The van der Waals surface area contributed by atoms with E-state index < -0.39 is 0 Å². The number of aldehydes is 1. The Morgan fingerprint density at radius 3 is 2.00 bits per heavy atom. The normalized spacial score (nSPS) is 7.57. The van der Waals surface area contributed by atoms with E-state index in [0.717, 1.165) is 0 Å². The summed E-state index contributed by atoms with van der Waals surface area (Å²) >= 11 is 5.20. The maximum Gasteiger partial charge on any atom is 0.150 e. The summed E-state index contributed by atoms with van der Waals surface area (Å²) in [6, 6.07) is 0. The van der Waals surface area contributed by atoms with Gasteiger partial charge in [0.25, 0.3) is 0 Å². The molecule has 0 bridgehead atoms. The number of hydrogen-bond acceptors (Lipinski definition) is 1. The lowest BCUT2D eigenvalue weighted by Gasteiger charge is -1.84. The standard InChI is InChI=1S/C5H5ClO/c1-4(3-7)5(2)6/h3H,1-2H2. The zero-order valence-electron chi connectivity index (χ0n) is 3.78. The topological polar surface area (TPSA) is 17.1 Å². The molecule has 2 heteroatoms. The molecule has 7 heavy (non-hydrogen) atoms. The van der Waals surface area contributed by atoms with Crippen LogP contribution in [0, 0.1) is 0 Å². The smallest absolute Gasteiger partial charge is 0.150 e.